The number of hydrogen-bond donors (Lipinski definition) is 1. The van der Waals surface area contributed by atoms with Gasteiger partial charge in [0.25, 0.3) is 11.8 Å². The Hall–Kier alpha value is -2.63. The molecule has 132 valence electrons. The second-order valence-corrected chi connectivity index (χ2v) is 6.53. The van der Waals surface area contributed by atoms with E-state index >= 15 is 0 Å². The van der Waals surface area contributed by atoms with E-state index in [1.54, 1.807) is 17.8 Å². The Morgan fingerprint density at radius 2 is 1.80 bits per heavy atom. The maximum Gasteiger partial charge on any atom is 0.269 e. The predicted octanol–water partition coefficient (Wildman–Crippen LogP) is 2.28. The zero-order valence-corrected chi connectivity index (χ0v) is 14.8. The molecular formula is C19H24N4O2. The van der Waals surface area contributed by atoms with Crippen molar-refractivity contribution in [1.29, 1.82) is 0 Å². The van der Waals surface area contributed by atoms with Gasteiger partial charge in [-0.2, -0.15) is 5.10 Å². The molecule has 0 atom stereocenters. The zero-order valence-electron chi connectivity index (χ0n) is 14.8. The van der Waals surface area contributed by atoms with Gasteiger partial charge in [-0.1, -0.05) is 12.1 Å². The summed E-state index contributed by atoms with van der Waals surface area (Å²) in [7, 11) is 1.75. The van der Waals surface area contributed by atoms with Crippen LogP contribution in [-0.2, 0) is 13.6 Å². The Kier molecular flexibility index (Phi) is 5.16. The maximum atomic E-state index is 12.4. The highest BCUT2D eigenvalue weighted by Crippen LogP contribution is 2.14. The van der Waals surface area contributed by atoms with Crippen LogP contribution < -0.4 is 5.32 Å². The predicted molar refractivity (Wildman–Crippen MR) is 95.3 cm³/mol. The van der Waals surface area contributed by atoms with E-state index in [1.807, 2.05) is 36.1 Å². The monoisotopic (exact) mass is 340 g/mol. The summed E-state index contributed by atoms with van der Waals surface area (Å²) in [6.45, 7) is 3.97. The van der Waals surface area contributed by atoms with Gasteiger partial charge in [0.2, 0.25) is 0 Å². The van der Waals surface area contributed by atoms with Crippen LogP contribution in [-0.4, -0.2) is 39.6 Å². The smallest absolute Gasteiger partial charge is 0.269 e. The fourth-order valence-corrected chi connectivity index (χ4v) is 3.14. The molecule has 0 unspecified atom stereocenters. The van der Waals surface area contributed by atoms with Crippen molar-refractivity contribution in [2.45, 2.75) is 32.7 Å². The van der Waals surface area contributed by atoms with E-state index in [9.17, 15) is 9.59 Å². The molecule has 1 N–H and O–H groups in total. The van der Waals surface area contributed by atoms with E-state index < -0.39 is 0 Å². The average Bonchev–Trinajstić information content (AvgIpc) is 2.98. The van der Waals surface area contributed by atoms with Crippen molar-refractivity contribution in [3.63, 3.8) is 0 Å². The van der Waals surface area contributed by atoms with Crippen molar-refractivity contribution in [2.75, 3.05) is 13.1 Å². The lowest BCUT2D eigenvalue weighted by atomic mass is 10.1. The topological polar surface area (TPSA) is 67.2 Å². The summed E-state index contributed by atoms with van der Waals surface area (Å²) < 4.78 is 1.57. The molecule has 1 aliphatic heterocycles. The Labute approximate surface area is 147 Å². The molecule has 1 fully saturated rings. The van der Waals surface area contributed by atoms with E-state index in [0.717, 1.165) is 37.2 Å². The van der Waals surface area contributed by atoms with Crippen molar-refractivity contribution < 1.29 is 9.59 Å². The number of aromatic nitrogens is 2. The number of amides is 2. The standard InChI is InChI=1S/C19H24N4O2/c1-14-12-17(22(2)21-14)18(24)20-13-15-6-8-16(9-7-15)19(25)23-10-4-3-5-11-23/h6-9,12H,3-5,10-11,13H2,1-2H3,(H,20,24). The van der Waals surface area contributed by atoms with Gasteiger partial charge in [0.05, 0.1) is 5.69 Å². The largest absolute Gasteiger partial charge is 0.347 e. The Bertz CT molecular complexity index is 758. The number of nitrogens with zero attached hydrogens (tertiary/aromatic N) is 3. The molecule has 25 heavy (non-hydrogen) atoms. The first kappa shape index (κ1) is 17.2. The molecule has 2 amide bonds. The number of piperidine rings is 1. The molecule has 2 aromatic rings. The maximum absolute atomic E-state index is 12.4. The molecule has 1 aromatic carbocycles. The summed E-state index contributed by atoms with van der Waals surface area (Å²) in [4.78, 5) is 26.6. The number of carbonyl (C=O) groups is 2. The van der Waals surface area contributed by atoms with E-state index in [0.29, 0.717) is 17.8 Å². The van der Waals surface area contributed by atoms with Crippen molar-refractivity contribution >= 4 is 11.8 Å². The minimum absolute atomic E-state index is 0.0978. The van der Waals surface area contributed by atoms with E-state index in [1.165, 1.54) is 6.42 Å². The van der Waals surface area contributed by atoms with Gasteiger partial charge in [-0.05, 0) is 49.9 Å². The minimum atomic E-state index is -0.156. The number of rotatable bonds is 4. The fourth-order valence-electron chi connectivity index (χ4n) is 3.14. The van der Waals surface area contributed by atoms with E-state index in [2.05, 4.69) is 10.4 Å². The SMILES string of the molecule is Cc1cc(C(=O)NCc2ccc(C(=O)N3CCCCC3)cc2)n(C)n1. The highest BCUT2D eigenvalue weighted by molar-refractivity contribution is 5.94. The summed E-state index contributed by atoms with van der Waals surface area (Å²) in [6.07, 6.45) is 3.38. The van der Waals surface area contributed by atoms with Crippen LogP contribution in [0.15, 0.2) is 30.3 Å². The Morgan fingerprint density at radius 1 is 1.12 bits per heavy atom. The number of hydrogen-bond acceptors (Lipinski definition) is 3. The van der Waals surface area contributed by atoms with Crippen LogP contribution in [0.4, 0.5) is 0 Å². The summed E-state index contributed by atoms with van der Waals surface area (Å²) >= 11 is 0. The molecule has 0 radical (unpaired) electrons. The average molecular weight is 340 g/mol. The van der Waals surface area contributed by atoms with E-state index in [-0.39, 0.29) is 11.8 Å². The minimum Gasteiger partial charge on any atom is -0.347 e. The van der Waals surface area contributed by atoms with Gasteiger partial charge in [-0.3, -0.25) is 14.3 Å². The van der Waals surface area contributed by atoms with Crippen LogP contribution in [0.25, 0.3) is 0 Å². The number of aryl methyl sites for hydroxylation is 2. The summed E-state index contributed by atoms with van der Waals surface area (Å²) in [6, 6.07) is 9.23. The van der Waals surface area contributed by atoms with Gasteiger partial charge in [0.15, 0.2) is 0 Å². The van der Waals surface area contributed by atoms with Crippen LogP contribution in [0.2, 0.25) is 0 Å². The molecule has 2 heterocycles. The second kappa shape index (κ2) is 7.51. The van der Waals surface area contributed by atoms with Crippen molar-refractivity contribution in [3.8, 4) is 0 Å². The lowest BCUT2D eigenvalue weighted by molar-refractivity contribution is 0.0724. The highest BCUT2D eigenvalue weighted by atomic mass is 16.2. The van der Waals surface area contributed by atoms with Gasteiger partial charge >= 0.3 is 0 Å². The first-order valence-corrected chi connectivity index (χ1v) is 8.71. The molecule has 0 bridgehead atoms. The normalized spacial score (nSPS) is 14.4. The van der Waals surface area contributed by atoms with Crippen LogP contribution in [0.1, 0.15) is 51.4 Å². The van der Waals surface area contributed by atoms with Gasteiger partial charge in [0, 0.05) is 32.2 Å². The molecule has 1 aliphatic rings. The number of carbonyl (C=O) groups excluding carboxylic acids is 2. The first-order valence-electron chi connectivity index (χ1n) is 8.71. The number of likely N-dealkylation sites (tertiary alicyclic amines) is 1. The first-order chi connectivity index (χ1) is 12.0. The number of benzene rings is 1. The molecular weight excluding hydrogens is 316 g/mol. The lowest BCUT2D eigenvalue weighted by Crippen LogP contribution is -2.35. The van der Waals surface area contributed by atoms with Gasteiger partial charge in [0.1, 0.15) is 5.69 Å². The second-order valence-electron chi connectivity index (χ2n) is 6.53. The third kappa shape index (κ3) is 4.07. The van der Waals surface area contributed by atoms with Crippen LogP contribution in [0.3, 0.4) is 0 Å². The van der Waals surface area contributed by atoms with Crippen LogP contribution in [0, 0.1) is 6.92 Å². The molecule has 6 nitrogen and oxygen atoms in total. The molecule has 3 rings (SSSR count). The summed E-state index contributed by atoms with van der Waals surface area (Å²) in [5, 5.41) is 7.06. The van der Waals surface area contributed by atoms with Gasteiger partial charge < -0.3 is 10.2 Å². The van der Waals surface area contributed by atoms with Crippen molar-refractivity contribution in [1.82, 2.24) is 20.0 Å². The number of nitrogens with one attached hydrogen (secondary N) is 1. The highest BCUT2D eigenvalue weighted by Gasteiger charge is 2.18. The van der Waals surface area contributed by atoms with Gasteiger partial charge in [-0.25, -0.2) is 0 Å². The quantitative estimate of drug-likeness (QED) is 0.928. The summed E-state index contributed by atoms with van der Waals surface area (Å²) in [5.74, 6) is -0.0581. The zero-order chi connectivity index (χ0) is 17.8. The molecule has 0 spiro atoms. The van der Waals surface area contributed by atoms with Crippen molar-refractivity contribution in [3.05, 3.63) is 52.8 Å². The third-order valence-electron chi connectivity index (χ3n) is 4.53. The van der Waals surface area contributed by atoms with Crippen LogP contribution >= 0.6 is 0 Å². The molecule has 6 heteroatoms. The third-order valence-corrected chi connectivity index (χ3v) is 4.53. The molecule has 0 saturated carbocycles. The van der Waals surface area contributed by atoms with E-state index in [4.69, 9.17) is 0 Å². The Balaban J connectivity index is 1.58. The van der Waals surface area contributed by atoms with Crippen LogP contribution in [0.5, 0.6) is 0 Å². The molecule has 1 saturated heterocycles. The van der Waals surface area contributed by atoms with Crippen molar-refractivity contribution in [2.24, 2.45) is 7.05 Å². The Morgan fingerprint density at radius 3 is 2.40 bits per heavy atom. The molecule has 0 aliphatic carbocycles. The lowest BCUT2D eigenvalue weighted by Gasteiger charge is -2.26. The van der Waals surface area contributed by atoms with Gasteiger partial charge in [-0.15, -0.1) is 0 Å². The molecule has 1 aromatic heterocycles. The fraction of sp³-hybridized carbons (Fsp3) is 0.421. The summed E-state index contributed by atoms with van der Waals surface area (Å²) in [5.41, 5.74) is 3.02.